The molecule has 0 aliphatic rings. The van der Waals surface area contributed by atoms with Crippen LogP contribution in [0, 0.1) is 0 Å². The van der Waals surface area contributed by atoms with Crippen LogP contribution < -0.4 is 5.32 Å². The molecule has 0 unspecified atom stereocenters. The van der Waals surface area contributed by atoms with Crippen LogP contribution in [0.2, 0.25) is 0 Å². The molecule has 0 aromatic heterocycles. The van der Waals surface area contributed by atoms with Gasteiger partial charge in [-0.2, -0.15) is 0 Å². The zero-order valence-electron chi connectivity index (χ0n) is 6.77. The zero-order chi connectivity index (χ0) is 9.52. The predicted molar refractivity (Wildman–Crippen MR) is 47.5 cm³/mol. The fourth-order valence-electron chi connectivity index (χ4n) is 0.816. The van der Waals surface area contributed by atoms with Crippen molar-refractivity contribution in [1.82, 2.24) is 5.32 Å². The maximum absolute atomic E-state index is 11.2. The van der Waals surface area contributed by atoms with Gasteiger partial charge in [0.15, 0.2) is 0 Å². The van der Waals surface area contributed by atoms with Gasteiger partial charge in [-0.05, 0) is 12.1 Å². The molecule has 0 radical (unpaired) electrons. The van der Waals surface area contributed by atoms with E-state index in [0.717, 1.165) is 0 Å². The summed E-state index contributed by atoms with van der Waals surface area (Å²) in [7, 11) is -0.438. The number of carbonyl (C=O) groups excluding carboxylic acids is 1. The number of carbonyl (C=O) groups is 1. The molecule has 0 saturated heterocycles. The van der Waals surface area contributed by atoms with Gasteiger partial charge in [0.1, 0.15) is 6.73 Å². The molecule has 5 heteroatoms. The van der Waals surface area contributed by atoms with E-state index in [4.69, 9.17) is 0 Å². The summed E-state index contributed by atoms with van der Waals surface area (Å²) in [6, 6.07) is 8.72. The molecule has 1 amide bonds. The summed E-state index contributed by atoms with van der Waals surface area (Å²) in [4.78, 5) is 11.2. The van der Waals surface area contributed by atoms with Crippen LogP contribution in [0.5, 0.6) is 0 Å². The van der Waals surface area contributed by atoms with Crippen molar-refractivity contribution in [2.45, 2.75) is 0 Å². The normalized spacial score (nSPS) is 9.85. The Hall–Kier alpha value is -1.25. The first-order chi connectivity index (χ1) is 6.34. The highest BCUT2D eigenvalue weighted by Crippen LogP contribution is 1.98. The molecule has 4 nitrogen and oxygen atoms in total. The Morgan fingerprint density at radius 1 is 1.38 bits per heavy atom. The highest BCUT2D eigenvalue weighted by atomic mass is 31.1. The minimum atomic E-state index is -0.438. The third-order valence-corrected chi connectivity index (χ3v) is 1.62. The van der Waals surface area contributed by atoms with Crippen LogP contribution in [0.1, 0.15) is 10.4 Å². The molecule has 0 aliphatic carbocycles. The van der Waals surface area contributed by atoms with Crippen molar-refractivity contribution in [3.05, 3.63) is 35.9 Å². The van der Waals surface area contributed by atoms with E-state index in [0.29, 0.717) is 5.56 Å². The van der Waals surface area contributed by atoms with Crippen molar-refractivity contribution in [1.29, 1.82) is 0 Å². The van der Waals surface area contributed by atoms with Gasteiger partial charge in [-0.3, -0.25) is 9.32 Å². The van der Waals surface area contributed by atoms with Gasteiger partial charge in [-0.1, -0.05) is 18.2 Å². The molecular formula is C8H8NO3P. The average molecular weight is 197 g/mol. The standard InChI is InChI=1S/C8H8NO3P/c10-8(9-6-12-13-11)7-4-2-1-3-5-7/h1-5H,6H2,(H,9,10). The number of nitrogens with one attached hydrogen (secondary N) is 1. The number of hydrogen-bond donors (Lipinski definition) is 1. The highest BCUT2D eigenvalue weighted by molar-refractivity contribution is 7.17. The molecule has 0 saturated carbocycles. The van der Waals surface area contributed by atoms with Crippen LogP contribution in [0.25, 0.3) is 0 Å². The Morgan fingerprint density at radius 2 is 2.08 bits per heavy atom. The van der Waals surface area contributed by atoms with Gasteiger partial charge in [0.25, 0.3) is 5.91 Å². The van der Waals surface area contributed by atoms with E-state index in [9.17, 15) is 9.36 Å². The average Bonchev–Trinajstić information content (AvgIpc) is 2.19. The highest BCUT2D eigenvalue weighted by Gasteiger charge is 2.01. The molecule has 13 heavy (non-hydrogen) atoms. The Morgan fingerprint density at radius 3 is 2.69 bits per heavy atom. The van der Waals surface area contributed by atoms with Crippen molar-refractivity contribution in [2.75, 3.05) is 6.73 Å². The van der Waals surface area contributed by atoms with Gasteiger partial charge < -0.3 is 5.32 Å². The number of hydrogen-bond acceptors (Lipinski definition) is 3. The van der Waals surface area contributed by atoms with Crippen LogP contribution in [0.4, 0.5) is 0 Å². The van der Waals surface area contributed by atoms with E-state index < -0.39 is 8.69 Å². The van der Waals surface area contributed by atoms with Crippen LogP contribution in [0.15, 0.2) is 30.3 Å². The lowest BCUT2D eigenvalue weighted by Gasteiger charge is -2.01. The van der Waals surface area contributed by atoms with E-state index in [1.165, 1.54) is 0 Å². The lowest BCUT2D eigenvalue weighted by atomic mass is 10.2. The molecule has 68 valence electrons. The van der Waals surface area contributed by atoms with Crippen molar-refractivity contribution >= 4 is 14.6 Å². The van der Waals surface area contributed by atoms with Gasteiger partial charge in [0, 0.05) is 5.56 Å². The quantitative estimate of drug-likeness (QED) is 0.453. The second-order valence-corrected chi connectivity index (χ2v) is 2.63. The lowest BCUT2D eigenvalue weighted by molar-refractivity contribution is 0.0924. The van der Waals surface area contributed by atoms with Gasteiger partial charge in [-0.15, -0.1) is 0 Å². The topological polar surface area (TPSA) is 55.4 Å². The molecule has 1 aromatic rings. The summed E-state index contributed by atoms with van der Waals surface area (Å²) < 4.78 is 14.3. The third-order valence-electron chi connectivity index (χ3n) is 1.39. The number of amides is 1. The molecule has 1 N–H and O–H groups in total. The SMILES string of the molecule is O=POCNC(=O)c1ccccc1. The Balaban J connectivity index is 2.45. The summed E-state index contributed by atoms with van der Waals surface area (Å²) in [6.07, 6.45) is 0. The monoisotopic (exact) mass is 197 g/mol. The second kappa shape index (κ2) is 5.41. The van der Waals surface area contributed by atoms with E-state index in [2.05, 4.69) is 9.84 Å². The molecule has 0 spiro atoms. The summed E-state index contributed by atoms with van der Waals surface area (Å²) >= 11 is 0. The lowest BCUT2D eigenvalue weighted by Crippen LogP contribution is -2.24. The maximum atomic E-state index is 11.2. The fraction of sp³-hybridized carbons (Fsp3) is 0.125. The van der Waals surface area contributed by atoms with E-state index in [-0.39, 0.29) is 12.6 Å². The fourth-order valence-corrected chi connectivity index (χ4v) is 0.933. The molecule has 0 aliphatic heterocycles. The third kappa shape index (κ3) is 3.32. The molecule has 1 rings (SSSR count). The van der Waals surface area contributed by atoms with Gasteiger partial charge >= 0.3 is 8.69 Å². The molecular weight excluding hydrogens is 189 g/mol. The minimum absolute atomic E-state index is 0.0568. The van der Waals surface area contributed by atoms with Crippen molar-refractivity contribution < 1.29 is 13.9 Å². The van der Waals surface area contributed by atoms with E-state index >= 15 is 0 Å². The summed E-state index contributed by atoms with van der Waals surface area (Å²) in [5, 5.41) is 2.43. The summed E-state index contributed by atoms with van der Waals surface area (Å²) in [6.45, 7) is -0.0568. The van der Waals surface area contributed by atoms with Gasteiger partial charge in [-0.25, -0.2) is 4.57 Å². The first-order valence-corrected chi connectivity index (χ1v) is 4.35. The Bertz CT molecular complexity index is 289. The summed E-state index contributed by atoms with van der Waals surface area (Å²) in [5.41, 5.74) is 0.550. The Labute approximate surface area is 77.2 Å². The molecule has 0 bridgehead atoms. The van der Waals surface area contributed by atoms with Crippen LogP contribution >= 0.6 is 8.69 Å². The molecule has 0 fully saturated rings. The van der Waals surface area contributed by atoms with Crippen LogP contribution in [-0.2, 0) is 9.09 Å². The maximum Gasteiger partial charge on any atom is 0.329 e. The van der Waals surface area contributed by atoms with Crippen LogP contribution in [0.3, 0.4) is 0 Å². The van der Waals surface area contributed by atoms with Crippen LogP contribution in [-0.4, -0.2) is 12.6 Å². The number of rotatable bonds is 4. The molecule has 0 atom stereocenters. The van der Waals surface area contributed by atoms with E-state index in [1.807, 2.05) is 6.07 Å². The second-order valence-electron chi connectivity index (χ2n) is 2.22. The predicted octanol–water partition coefficient (Wildman–Crippen LogP) is 1.60. The van der Waals surface area contributed by atoms with Gasteiger partial charge in [0.2, 0.25) is 0 Å². The summed E-state index contributed by atoms with van der Waals surface area (Å²) in [5.74, 6) is -0.246. The smallest absolute Gasteiger partial charge is 0.328 e. The number of benzene rings is 1. The van der Waals surface area contributed by atoms with Crippen molar-refractivity contribution in [2.24, 2.45) is 0 Å². The largest absolute Gasteiger partial charge is 0.329 e. The van der Waals surface area contributed by atoms with Crippen molar-refractivity contribution in [3.63, 3.8) is 0 Å². The first-order valence-electron chi connectivity index (χ1n) is 3.62. The van der Waals surface area contributed by atoms with Crippen molar-refractivity contribution in [3.8, 4) is 0 Å². The van der Waals surface area contributed by atoms with Gasteiger partial charge in [0.05, 0.1) is 0 Å². The van der Waals surface area contributed by atoms with E-state index in [1.54, 1.807) is 24.3 Å². The molecule has 1 aromatic carbocycles. The zero-order valence-corrected chi connectivity index (χ0v) is 7.66. The first kappa shape index (κ1) is 9.84. The minimum Gasteiger partial charge on any atom is -0.328 e. The Kier molecular flexibility index (Phi) is 4.09. The molecule has 0 heterocycles.